The predicted molar refractivity (Wildman–Crippen MR) is 69.4 cm³/mol. The molecule has 1 heterocycles. The standard InChI is InChI=1S/C12H10ClF2N3O2/c1-6-2-3-9(20-12(14)15)8(4-6)17-11(19)10-7(13)5-16-18-10/h2-5,12H,1H3,(H,16,18)(H,17,19). The number of carbonyl (C=O) groups excluding carboxylic acids is 1. The highest BCUT2D eigenvalue weighted by Gasteiger charge is 2.16. The Labute approximate surface area is 117 Å². The van der Waals surface area contributed by atoms with Crippen molar-refractivity contribution in [2.75, 3.05) is 5.32 Å². The molecule has 0 spiro atoms. The number of nitrogens with zero attached hydrogens (tertiary/aromatic N) is 1. The third-order valence-electron chi connectivity index (χ3n) is 2.42. The predicted octanol–water partition coefficient (Wildman–Crippen LogP) is 3.23. The average Bonchev–Trinajstić information content (AvgIpc) is 2.78. The molecule has 0 aliphatic carbocycles. The fourth-order valence-electron chi connectivity index (χ4n) is 1.56. The molecule has 1 aromatic carbocycles. The minimum absolute atomic E-state index is 0.0381. The summed E-state index contributed by atoms with van der Waals surface area (Å²) in [4.78, 5) is 11.9. The first-order chi connectivity index (χ1) is 9.47. The van der Waals surface area contributed by atoms with Gasteiger partial charge in [0.2, 0.25) is 0 Å². The van der Waals surface area contributed by atoms with Gasteiger partial charge in [0.15, 0.2) is 0 Å². The van der Waals surface area contributed by atoms with Crippen LogP contribution in [0.5, 0.6) is 5.75 Å². The van der Waals surface area contributed by atoms with Crippen molar-refractivity contribution in [1.82, 2.24) is 10.2 Å². The van der Waals surface area contributed by atoms with Gasteiger partial charge in [0, 0.05) is 0 Å². The lowest BCUT2D eigenvalue weighted by Gasteiger charge is -2.12. The van der Waals surface area contributed by atoms with Crippen molar-refractivity contribution >= 4 is 23.2 Å². The minimum Gasteiger partial charge on any atom is -0.433 e. The topological polar surface area (TPSA) is 67.0 Å². The van der Waals surface area contributed by atoms with Crippen LogP contribution in [-0.4, -0.2) is 22.7 Å². The summed E-state index contributed by atoms with van der Waals surface area (Å²) in [5.74, 6) is -0.730. The number of carbonyl (C=O) groups is 1. The lowest BCUT2D eigenvalue weighted by Crippen LogP contribution is -2.15. The molecule has 0 saturated carbocycles. The number of halogens is 3. The summed E-state index contributed by atoms with van der Waals surface area (Å²) in [6.07, 6.45) is 1.27. The molecule has 2 rings (SSSR count). The van der Waals surface area contributed by atoms with E-state index in [1.54, 1.807) is 13.0 Å². The second-order valence-electron chi connectivity index (χ2n) is 3.93. The molecule has 106 valence electrons. The highest BCUT2D eigenvalue weighted by molar-refractivity contribution is 6.34. The molecule has 20 heavy (non-hydrogen) atoms. The summed E-state index contributed by atoms with van der Waals surface area (Å²) in [5, 5.41) is 8.60. The molecule has 0 bridgehead atoms. The first kappa shape index (κ1) is 14.3. The van der Waals surface area contributed by atoms with E-state index in [4.69, 9.17) is 11.6 Å². The number of ether oxygens (including phenoxy) is 1. The van der Waals surface area contributed by atoms with Crippen LogP contribution in [0.4, 0.5) is 14.5 Å². The Morgan fingerprint density at radius 3 is 2.85 bits per heavy atom. The van der Waals surface area contributed by atoms with Crippen LogP contribution < -0.4 is 10.1 Å². The largest absolute Gasteiger partial charge is 0.433 e. The van der Waals surface area contributed by atoms with Gasteiger partial charge >= 0.3 is 6.61 Å². The maximum Gasteiger partial charge on any atom is 0.387 e. The third-order valence-corrected chi connectivity index (χ3v) is 2.71. The summed E-state index contributed by atoms with van der Waals surface area (Å²) in [5.41, 5.74) is 0.940. The van der Waals surface area contributed by atoms with E-state index in [-0.39, 0.29) is 22.2 Å². The van der Waals surface area contributed by atoms with Gasteiger partial charge in [-0.1, -0.05) is 17.7 Å². The highest BCUT2D eigenvalue weighted by Crippen LogP contribution is 2.28. The molecule has 0 atom stereocenters. The molecule has 2 aromatic rings. The molecule has 5 nitrogen and oxygen atoms in total. The molecule has 2 N–H and O–H groups in total. The number of nitrogens with one attached hydrogen (secondary N) is 2. The minimum atomic E-state index is -2.98. The second-order valence-corrected chi connectivity index (χ2v) is 4.33. The highest BCUT2D eigenvalue weighted by atomic mass is 35.5. The number of H-pyrrole nitrogens is 1. The van der Waals surface area contributed by atoms with Crippen molar-refractivity contribution in [3.8, 4) is 5.75 Å². The molecule has 0 unspecified atom stereocenters. The van der Waals surface area contributed by atoms with Crippen LogP contribution in [0.15, 0.2) is 24.4 Å². The normalized spacial score (nSPS) is 10.7. The van der Waals surface area contributed by atoms with Crippen molar-refractivity contribution in [2.24, 2.45) is 0 Å². The monoisotopic (exact) mass is 301 g/mol. The van der Waals surface area contributed by atoms with Crippen LogP contribution >= 0.6 is 11.6 Å². The number of hydrogen-bond acceptors (Lipinski definition) is 3. The zero-order chi connectivity index (χ0) is 14.7. The smallest absolute Gasteiger partial charge is 0.387 e. The summed E-state index contributed by atoms with van der Waals surface area (Å²) >= 11 is 5.75. The number of benzene rings is 1. The summed E-state index contributed by atoms with van der Waals surface area (Å²) in [6.45, 7) is -1.23. The summed E-state index contributed by atoms with van der Waals surface area (Å²) in [6, 6.07) is 4.46. The van der Waals surface area contributed by atoms with Crippen LogP contribution in [0.25, 0.3) is 0 Å². The molecule has 1 amide bonds. The first-order valence-corrected chi connectivity index (χ1v) is 5.91. The van der Waals surface area contributed by atoms with E-state index in [0.717, 1.165) is 5.56 Å². The Morgan fingerprint density at radius 1 is 1.50 bits per heavy atom. The van der Waals surface area contributed by atoms with Crippen LogP contribution in [0.1, 0.15) is 16.1 Å². The molecule has 0 fully saturated rings. The number of aromatic nitrogens is 2. The van der Waals surface area contributed by atoms with E-state index >= 15 is 0 Å². The van der Waals surface area contributed by atoms with Gasteiger partial charge in [-0.15, -0.1) is 0 Å². The fraction of sp³-hybridized carbons (Fsp3) is 0.167. The molecular weight excluding hydrogens is 292 g/mol. The molecule has 0 radical (unpaired) electrons. The van der Waals surface area contributed by atoms with E-state index in [1.165, 1.54) is 18.3 Å². The van der Waals surface area contributed by atoms with Gasteiger partial charge in [0.05, 0.1) is 16.9 Å². The quantitative estimate of drug-likeness (QED) is 0.911. The van der Waals surface area contributed by atoms with Crippen molar-refractivity contribution in [3.05, 3.63) is 40.7 Å². The van der Waals surface area contributed by atoms with Gasteiger partial charge in [-0.05, 0) is 24.6 Å². The van der Waals surface area contributed by atoms with Crippen molar-refractivity contribution < 1.29 is 18.3 Å². The van der Waals surface area contributed by atoms with Gasteiger partial charge < -0.3 is 10.1 Å². The van der Waals surface area contributed by atoms with E-state index in [9.17, 15) is 13.6 Å². The number of aromatic amines is 1. The zero-order valence-corrected chi connectivity index (χ0v) is 11.0. The van der Waals surface area contributed by atoms with Crippen LogP contribution in [-0.2, 0) is 0 Å². The van der Waals surface area contributed by atoms with Gasteiger partial charge in [0.1, 0.15) is 11.4 Å². The Kier molecular flexibility index (Phi) is 4.19. The first-order valence-electron chi connectivity index (χ1n) is 5.53. The average molecular weight is 302 g/mol. The van der Waals surface area contributed by atoms with E-state index in [2.05, 4.69) is 20.3 Å². The van der Waals surface area contributed by atoms with Crippen LogP contribution in [0, 0.1) is 6.92 Å². The summed E-state index contributed by atoms with van der Waals surface area (Å²) in [7, 11) is 0. The van der Waals surface area contributed by atoms with Crippen LogP contribution in [0.3, 0.4) is 0 Å². The Balaban J connectivity index is 2.26. The lowest BCUT2D eigenvalue weighted by molar-refractivity contribution is -0.0493. The Morgan fingerprint density at radius 2 is 2.25 bits per heavy atom. The molecular formula is C12H10ClF2N3O2. The van der Waals surface area contributed by atoms with E-state index < -0.39 is 12.5 Å². The number of anilines is 1. The number of hydrogen-bond donors (Lipinski definition) is 2. The number of alkyl halides is 2. The van der Waals surface area contributed by atoms with Crippen LogP contribution in [0.2, 0.25) is 5.02 Å². The van der Waals surface area contributed by atoms with Crippen molar-refractivity contribution in [3.63, 3.8) is 0 Å². The molecule has 0 aliphatic heterocycles. The molecule has 0 aliphatic rings. The Bertz CT molecular complexity index is 631. The van der Waals surface area contributed by atoms with Gasteiger partial charge in [-0.3, -0.25) is 9.89 Å². The SMILES string of the molecule is Cc1ccc(OC(F)F)c(NC(=O)c2[nH]ncc2Cl)c1. The van der Waals surface area contributed by atoms with Gasteiger partial charge in [0.25, 0.3) is 5.91 Å². The molecule has 8 heteroatoms. The maximum atomic E-state index is 12.3. The lowest BCUT2D eigenvalue weighted by atomic mass is 10.2. The number of amides is 1. The van der Waals surface area contributed by atoms with E-state index in [1.807, 2.05) is 0 Å². The number of aryl methyl sites for hydroxylation is 1. The molecule has 1 aromatic heterocycles. The van der Waals surface area contributed by atoms with Crippen molar-refractivity contribution in [2.45, 2.75) is 13.5 Å². The third kappa shape index (κ3) is 3.24. The van der Waals surface area contributed by atoms with E-state index in [0.29, 0.717) is 0 Å². The van der Waals surface area contributed by atoms with Gasteiger partial charge in [-0.25, -0.2) is 0 Å². The van der Waals surface area contributed by atoms with Gasteiger partial charge in [-0.2, -0.15) is 13.9 Å². The summed E-state index contributed by atoms with van der Waals surface area (Å²) < 4.78 is 28.9. The number of rotatable bonds is 4. The second kappa shape index (κ2) is 5.87. The fourth-order valence-corrected chi connectivity index (χ4v) is 1.73. The maximum absolute atomic E-state index is 12.3. The Hall–Kier alpha value is -2.15. The zero-order valence-electron chi connectivity index (χ0n) is 10.3. The molecule has 0 saturated heterocycles. The van der Waals surface area contributed by atoms with Crippen molar-refractivity contribution in [1.29, 1.82) is 0 Å².